The molecule has 1 N–H and O–H groups in total. The minimum absolute atomic E-state index is 0.146. The second-order valence-electron chi connectivity index (χ2n) is 4.74. The van der Waals surface area contributed by atoms with E-state index >= 15 is 0 Å². The van der Waals surface area contributed by atoms with E-state index < -0.39 is 23.4 Å². The SMILES string of the molecule is CC1(CNC(=O)c2cc(F)c(F)c(F)c2)COC1. The van der Waals surface area contributed by atoms with Crippen LogP contribution in [0, 0.1) is 22.9 Å². The van der Waals surface area contributed by atoms with E-state index in [9.17, 15) is 18.0 Å². The van der Waals surface area contributed by atoms with Gasteiger partial charge in [0.25, 0.3) is 5.91 Å². The Morgan fingerprint density at radius 3 is 2.33 bits per heavy atom. The molecule has 98 valence electrons. The maximum Gasteiger partial charge on any atom is 0.251 e. The molecule has 0 atom stereocenters. The third kappa shape index (κ3) is 2.48. The van der Waals surface area contributed by atoms with E-state index in [4.69, 9.17) is 4.74 Å². The topological polar surface area (TPSA) is 38.3 Å². The lowest BCUT2D eigenvalue weighted by molar-refractivity contribution is -0.0978. The van der Waals surface area contributed by atoms with Gasteiger partial charge in [-0.25, -0.2) is 13.2 Å². The summed E-state index contributed by atoms with van der Waals surface area (Å²) in [5.41, 5.74) is -0.387. The molecular weight excluding hydrogens is 247 g/mol. The second kappa shape index (κ2) is 4.61. The molecule has 1 aromatic rings. The fourth-order valence-electron chi connectivity index (χ4n) is 1.63. The molecule has 6 heteroatoms. The molecule has 3 nitrogen and oxygen atoms in total. The number of nitrogens with one attached hydrogen (secondary N) is 1. The molecule has 0 spiro atoms. The Balaban J connectivity index is 2.05. The average molecular weight is 259 g/mol. The molecule has 18 heavy (non-hydrogen) atoms. The third-order valence-electron chi connectivity index (χ3n) is 2.82. The van der Waals surface area contributed by atoms with Gasteiger partial charge in [-0.2, -0.15) is 0 Å². The number of ether oxygens (including phenoxy) is 1. The molecule has 1 saturated heterocycles. The molecule has 0 radical (unpaired) electrons. The van der Waals surface area contributed by atoms with E-state index in [1.54, 1.807) is 0 Å². The van der Waals surface area contributed by atoms with Crippen LogP contribution in [0.4, 0.5) is 13.2 Å². The van der Waals surface area contributed by atoms with Crippen molar-refractivity contribution in [2.45, 2.75) is 6.92 Å². The highest BCUT2D eigenvalue weighted by atomic mass is 19.2. The molecule has 1 aliphatic rings. The summed E-state index contributed by atoms with van der Waals surface area (Å²) in [5.74, 6) is -4.97. The Hall–Kier alpha value is -1.56. The van der Waals surface area contributed by atoms with E-state index in [-0.39, 0.29) is 11.0 Å². The summed E-state index contributed by atoms with van der Waals surface area (Å²) in [4.78, 5) is 11.6. The van der Waals surface area contributed by atoms with Crippen LogP contribution in [0.2, 0.25) is 0 Å². The molecule has 0 bridgehead atoms. The highest BCUT2D eigenvalue weighted by Crippen LogP contribution is 2.25. The van der Waals surface area contributed by atoms with E-state index in [0.29, 0.717) is 31.9 Å². The predicted molar refractivity (Wildman–Crippen MR) is 57.6 cm³/mol. The van der Waals surface area contributed by atoms with Gasteiger partial charge >= 0.3 is 0 Å². The van der Waals surface area contributed by atoms with Crippen LogP contribution in [-0.2, 0) is 4.74 Å². The number of carbonyl (C=O) groups is 1. The Bertz CT molecular complexity index is 463. The zero-order valence-electron chi connectivity index (χ0n) is 9.73. The largest absolute Gasteiger partial charge is 0.380 e. The maximum atomic E-state index is 12.9. The number of halogens is 3. The van der Waals surface area contributed by atoms with Crippen molar-refractivity contribution in [1.82, 2.24) is 5.32 Å². The molecule has 0 saturated carbocycles. The monoisotopic (exact) mass is 259 g/mol. The Labute approximate surface area is 102 Å². The van der Waals surface area contributed by atoms with E-state index in [0.717, 1.165) is 0 Å². The highest BCUT2D eigenvalue weighted by molar-refractivity contribution is 5.94. The summed E-state index contributed by atoms with van der Waals surface area (Å²) in [6.45, 7) is 3.31. The van der Waals surface area contributed by atoms with Crippen LogP contribution in [0.1, 0.15) is 17.3 Å². The molecule has 1 fully saturated rings. The highest BCUT2D eigenvalue weighted by Gasteiger charge is 2.33. The zero-order valence-corrected chi connectivity index (χ0v) is 9.73. The number of hydrogen-bond acceptors (Lipinski definition) is 2. The van der Waals surface area contributed by atoms with Crippen molar-refractivity contribution in [2.75, 3.05) is 19.8 Å². The Kier molecular flexibility index (Phi) is 3.30. The number of carbonyl (C=O) groups excluding carboxylic acids is 1. The first-order valence-electron chi connectivity index (χ1n) is 5.42. The van der Waals surface area contributed by atoms with E-state index in [2.05, 4.69) is 5.32 Å². The lowest BCUT2D eigenvalue weighted by atomic mass is 9.88. The molecule has 0 aromatic heterocycles. The number of benzene rings is 1. The Morgan fingerprint density at radius 2 is 1.89 bits per heavy atom. The second-order valence-corrected chi connectivity index (χ2v) is 4.74. The van der Waals surface area contributed by atoms with Crippen LogP contribution in [0.3, 0.4) is 0 Å². The fraction of sp³-hybridized carbons (Fsp3) is 0.417. The molecule has 0 aliphatic carbocycles. The van der Waals surface area contributed by atoms with Crippen LogP contribution < -0.4 is 5.32 Å². The predicted octanol–water partition coefficient (Wildman–Crippen LogP) is 1.87. The van der Waals surface area contributed by atoms with Gasteiger partial charge in [-0.3, -0.25) is 4.79 Å². The van der Waals surface area contributed by atoms with Crippen LogP contribution >= 0.6 is 0 Å². The van der Waals surface area contributed by atoms with Crippen LogP contribution in [0.25, 0.3) is 0 Å². The van der Waals surface area contributed by atoms with Gasteiger partial charge in [0.05, 0.1) is 13.2 Å². The van der Waals surface area contributed by atoms with Gasteiger partial charge in [0.2, 0.25) is 0 Å². The first-order chi connectivity index (χ1) is 8.41. The Morgan fingerprint density at radius 1 is 1.33 bits per heavy atom. The smallest absolute Gasteiger partial charge is 0.251 e. The summed E-state index contributed by atoms with van der Waals surface area (Å²) in [6.07, 6.45) is 0. The minimum atomic E-state index is -1.58. The number of hydrogen-bond donors (Lipinski definition) is 1. The van der Waals surface area contributed by atoms with E-state index in [1.165, 1.54) is 0 Å². The lowest BCUT2D eigenvalue weighted by Gasteiger charge is -2.38. The summed E-state index contributed by atoms with van der Waals surface area (Å²) in [5, 5.41) is 2.54. The summed E-state index contributed by atoms with van der Waals surface area (Å²) in [7, 11) is 0. The molecule has 0 unspecified atom stereocenters. The summed E-state index contributed by atoms with van der Waals surface area (Å²) >= 11 is 0. The van der Waals surface area contributed by atoms with E-state index in [1.807, 2.05) is 6.92 Å². The van der Waals surface area contributed by atoms with Crippen molar-refractivity contribution < 1.29 is 22.7 Å². The van der Waals surface area contributed by atoms with Gasteiger partial charge in [-0.15, -0.1) is 0 Å². The van der Waals surface area contributed by atoms with Gasteiger partial charge < -0.3 is 10.1 Å². The summed E-state index contributed by atoms with van der Waals surface area (Å²) < 4.78 is 43.6. The van der Waals surface area contributed by atoms with Crippen molar-refractivity contribution >= 4 is 5.91 Å². The molecular formula is C12H12F3NO2. The zero-order chi connectivity index (χ0) is 13.3. The van der Waals surface area contributed by atoms with Gasteiger partial charge in [0, 0.05) is 17.5 Å². The fourth-order valence-corrected chi connectivity index (χ4v) is 1.63. The number of amides is 1. The third-order valence-corrected chi connectivity index (χ3v) is 2.82. The minimum Gasteiger partial charge on any atom is -0.380 e. The van der Waals surface area contributed by atoms with Crippen molar-refractivity contribution in [2.24, 2.45) is 5.41 Å². The standard InChI is InChI=1S/C12H12F3NO2/c1-12(5-18-6-12)4-16-11(17)7-2-8(13)10(15)9(14)3-7/h2-3H,4-6H2,1H3,(H,16,17). The average Bonchev–Trinajstić information content (AvgIpc) is 2.30. The van der Waals surface area contributed by atoms with Gasteiger partial charge in [0.15, 0.2) is 17.5 Å². The van der Waals surface area contributed by atoms with Crippen LogP contribution in [0.5, 0.6) is 0 Å². The summed E-state index contributed by atoms with van der Waals surface area (Å²) in [6, 6.07) is 1.35. The lowest BCUT2D eigenvalue weighted by Crippen LogP contribution is -2.48. The maximum absolute atomic E-state index is 12.9. The molecule has 2 rings (SSSR count). The van der Waals surface area contributed by atoms with Crippen molar-refractivity contribution in [3.63, 3.8) is 0 Å². The molecule has 1 amide bonds. The quantitative estimate of drug-likeness (QED) is 0.841. The normalized spacial score (nSPS) is 17.1. The molecule has 1 aliphatic heterocycles. The first kappa shape index (κ1) is 12.9. The number of rotatable bonds is 3. The van der Waals surface area contributed by atoms with Crippen LogP contribution in [-0.4, -0.2) is 25.7 Å². The van der Waals surface area contributed by atoms with Gasteiger partial charge in [-0.1, -0.05) is 6.92 Å². The van der Waals surface area contributed by atoms with Crippen LogP contribution in [0.15, 0.2) is 12.1 Å². The van der Waals surface area contributed by atoms with Crippen molar-refractivity contribution in [3.05, 3.63) is 35.1 Å². The van der Waals surface area contributed by atoms with Crippen molar-refractivity contribution in [3.8, 4) is 0 Å². The molecule has 1 heterocycles. The van der Waals surface area contributed by atoms with Gasteiger partial charge in [0.1, 0.15) is 0 Å². The van der Waals surface area contributed by atoms with Crippen molar-refractivity contribution in [1.29, 1.82) is 0 Å². The van der Waals surface area contributed by atoms with Gasteiger partial charge in [-0.05, 0) is 12.1 Å². The first-order valence-corrected chi connectivity index (χ1v) is 5.42. The molecule has 1 aromatic carbocycles.